The van der Waals surface area contributed by atoms with Crippen LogP contribution in [0, 0.1) is 5.41 Å². The second-order valence-electron chi connectivity index (χ2n) is 6.27. The highest BCUT2D eigenvalue weighted by Gasteiger charge is 2.32. The number of benzene rings is 1. The molecular weight excluding hydrogens is 266 g/mol. The van der Waals surface area contributed by atoms with Gasteiger partial charge in [0.05, 0.1) is 19.3 Å². The number of aromatic nitrogens is 3. The molecule has 0 radical (unpaired) electrons. The maximum atomic E-state index is 10.7. The summed E-state index contributed by atoms with van der Waals surface area (Å²) >= 11 is 0. The Morgan fingerprint density at radius 2 is 2.00 bits per heavy atom. The zero-order valence-corrected chi connectivity index (χ0v) is 13.0. The Bertz CT molecular complexity index is 561. The fourth-order valence-corrected chi connectivity index (χ4v) is 2.41. The van der Waals surface area contributed by atoms with Crippen molar-refractivity contribution in [3.8, 4) is 5.75 Å². The lowest BCUT2D eigenvalue weighted by Crippen LogP contribution is -2.37. The van der Waals surface area contributed by atoms with Gasteiger partial charge in [0, 0.05) is 6.42 Å². The van der Waals surface area contributed by atoms with Crippen LogP contribution in [0.5, 0.6) is 5.75 Å². The Kier molecular flexibility index (Phi) is 4.63. The molecule has 1 aromatic carbocycles. The van der Waals surface area contributed by atoms with E-state index in [1.807, 2.05) is 45.0 Å². The summed E-state index contributed by atoms with van der Waals surface area (Å²) < 4.78 is 7.13. The highest BCUT2D eigenvalue weighted by Crippen LogP contribution is 2.32. The molecule has 0 saturated heterocycles. The second kappa shape index (κ2) is 6.26. The molecule has 1 N–H and O–H groups in total. The van der Waals surface area contributed by atoms with Gasteiger partial charge in [0.2, 0.25) is 0 Å². The molecule has 0 fully saturated rings. The van der Waals surface area contributed by atoms with Crippen LogP contribution in [0.1, 0.15) is 32.4 Å². The molecule has 0 saturated carbocycles. The molecule has 0 aliphatic rings. The number of hydrogen-bond acceptors (Lipinski definition) is 4. The van der Waals surface area contributed by atoms with Crippen LogP contribution in [0.4, 0.5) is 0 Å². The van der Waals surface area contributed by atoms with Crippen molar-refractivity contribution in [1.82, 2.24) is 14.8 Å². The second-order valence-corrected chi connectivity index (χ2v) is 6.27. The fraction of sp³-hybridized carbons (Fsp3) is 0.500. The SMILES string of the molecule is COc1ccccc1CC(C(O)C(C)(C)C)n1cncn1. The lowest BCUT2D eigenvalue weighted by atomic mass is 9.82. The Morgan fingerprint density at radius 1 is 1.29 bits per heavy atom. The number of nitrogens with zero attached hydrogens (tertiary/aromatic N) is 3. The molecule has 0 amide bonds. The Hall–Kier alpha value is -1.88. The summed E-state index contributed by atoms with van der Waals surface area (Å²) in [7, 11) is 1.66. The number of methoxy groups -OCH3 is 1. The molecule has 1 heterocycles. The van der Waals surface area contributed by atoms with E-state index in [1.165, 1.54) is 6.33 Å². The van der Waals surface area contributed by atoms with Crippen LogP contribution in [0.15, 0.2) is 36.9 Å². The number of para-hydroxylation sites is 1. The molecule has 0 aliphatic heterocycles. The molecule has 5 heteroatoms. The summed E-state index contributed by atoms with van der Waals surface area (Å²) in [4.78, 5) is 4.00. The summed E-state index contributed by atoms with van der Waals surface area (Å²) in [5.74, 6) is 0.823. The highest BCUT2D eigenvalue weighted by atomic mass is 16.5. The highest BCUT2D eigenvalue weighted by molar-refractivity contribution is 5.33. The quantitative estimate of drug-likeness (QED) is 0.918. The zero-order chi connectivity index (χ0) is 15.5. The monoisotopic (exact) mass is 289 g/mol. The normalized spacial score (nSPS) is 14.7. The summed E-state index contributed by atoms with van der Waals surface area (Å²) in [6, 6.07) is 7.66. The van der Waals surface area contributed by atoms with E-state index in [0.717, 1.165) is 11.3 Å². The van der Waals surface area contributed by atoms with E-state index in [9.17, 15) is 5.11 Å². The predicted octanol–water partition coefficient (Wildman–Crippen LogP) is 2.48. The van der Waals surface area contributed by atoms with E-state index in [1.54, 1.807) is 18.1 Å². The first kappa shape index (κ1) is 15.5. The van der Waals surface area contributed by atoms with E-state index in [0.29, 0.717) is 6.42 Å². The van der Waals surface area contributed by atoms with Crippen LogP contribution in [0.25, 0.3) is 0 Å². The molecular formula is C16H23N3O2. The average Bonchev–Trinajstić information content (AvgIpc) is 2.97. The van der Waals surface area contributed by atoms with Crippen molar-refractivity contribution in [2.45, 2.75) is 39.3 Å². The maximum absolute atomic E-state index is 10.7. The third-order valence-electron chi connectivity index (χ3n) is 3.65. The van der Waals surface area contributed by atoms with Gasteiger partial charge in [0.1, 0.15) is 18.4 Å². The molecule has 0 aliphatic carbocycles. The molecule has 2 atom stereocenters. The lowest BCUT2D eigenvalue weighted by molar-refractivity contribution is 0.0123. The van der Waals surface area contributed by atoms with Crippen LogP contribution in [-0.4, -0.2) is 33.1 Å². The molecule has 5 nitrogen and oxygen atoms in total. The van der Waals surface area contributed by atoms with Gasteiger partial charge in [-0.25, -0.2) is 9.67 Å². The van der Waals surface area contributed by atoms with Crippen molar-refractivity contribution >= 4 is 0 Å². The number of aliphatic hydroxyl groups excluding tert-OH is 1. The van der Waals surface area contributed by atoms with Crippen molar-refractivity contribution in [2.24, 2.45) is 5.41 Å². The van der Waals surface area contributed by atoms with Gasteiger partial charge >= 0.3 is 0 Å². The summed E-state index contributed by atoms with van der Waals surface area (Å²) in [6.45, 7) is 6.05. The molecule has 2 aromatic rings. The maximum Gasteiger partial charge on any atom is 0.137 e. The number of hydrogen-bond donors (Lipinski definition) is 1. The van der Waals surface area contributed by atoms with Crippen LogP contribution >= 0.6 is 0 Å². The topological polar surface area (TPSA) is 60.2 Å². The van der Waals surface area contributed by atoms with Crippen LogP contribution in [0.3, 0.4) is 0 Å². The van der Waals surface area contributed by atoms with Gasteiger partial charge in [-0.1, -0.05) is 39.0 Å². The predicted molar refractivity (Wildman–Crippen MR) is 81.2 cm³/mol. The smallest absolute Gasteiger partial charge is 0.137 e. The van der Waals surface area contributed by atoms with Gasteiger partial charge in [-0.05, 0) is 17.0 Å². The minimum atomic E-state index is -0.552. The molecule has 0 bridgehead atoms. The summed E-state index contributed by atoms with van der Waals surface area (Å²) in [5.41, 5.74) is 0.794. The minimum absolute atomic E-state index is 0.191. The van der Waals surface area contributed by atoms with Gasteiger partial charge in [0.25, 0.3) is 0 Å². The van der Waals surface area contributed by atoms with Crippen LogP contribution in [-0.2, 0) is 6.42 Å². The standard InChI is InChI=1S/C16H23N3O2/c1-16(2,3)15(20)13(19-11-17-10-18-19)9-12-7-5-6-8-14(12)21-4/h5-8,10-11,13,15,20H,9H2,1-4H3. The fourth-order valence-electron chi connectivity index (χ4n) is 2.41. The lowest BCUT2D eigenvalue weighted by Gasteiger charge is -2.33. The zero-order valence-electron chi connectivity index (χ0n) is 13.0. The molecule has 21 heavy (non-hydrogen) atoms. The summed E-state index contributed by atoms with van der Waals surface area (Å²) in [5, 5.41) is 14.9. The molecule has 0 spiro atoms. The van der Waals surface area contributed by atoms with Crippen LogP contribution in [0.2, 0.25) is 0 Å². The minimum Gasteiger partial charge on any atom is -0.496 e. The molecule has 114 valence electrons. The van der Waals surface area contributed by atoms with Crippen molar-refractivity contribution in [2.75, 3.05) is 7.11 Å². The Morgan fingerprint density at radius 3 is 2.57 bits per heavy atom. The van der Waals surface area contributed by atoms with E-state index in [4.69, 9.17) is 4.74 Å². The number of ether oxygens (including phenoxy) is 1. The van der Waals surface area contributed by atoms with E-state index >= 15 is 0 Å². The summed E-state index contributed by atoms with van der Waals surface area (Å²) in [6.07, 6.45) is 3.22. The van der Waals surface area contributed by atoms with E-state index < -0.39 is 6.10 Å². The molecule has 1 aromatic heterocycles. The van der Waals surface area contributed by atoms with E-state index in [2.05, 4.69) is 10.1 Å². The molecule has 2 rings (SSSR count). The van der Waals surface area contributed by atoms with Gasteiger partial charge in [0.15, 0.2) is 0 Å². The number of aliphatic hydroxyl groups is 1. The van der Waals surface area contributed by atoms with Crippen molar-refractivity contribution in [3.63, 3.8) is 0 Å². The third kappa shape index (κ3) is 3.61. The van der Waals surface area contributed by atoms with Crippen molar-refractivity contribution in [1.29, 1.82) is 0 Å². The largest absolute Gasteiger partial charge is 0.496 e. The van der Waals surface area contributed by atoms with Gasteiger partial charge in [-0.3, -0.25) is 0 Å². The Balaban J connectivity index is 2.33. The first-order chi connectivity index (χ1) is 9.93. The molecule has 2 unspecified atom stereocenters. The first-order valence-electron chi connectivity index (χ1n) is 7.07. The Labute approximate surface area is 125 Å². The van der Waals surface area contributed by atoms with Gasteiger partial charge in [-0.15, -0.1) is 0 Å². The third-order valence-corrected chi connectivity index (χ3v) is 3.65. The van der Waals surface area contributed by atoms with Gasteiger partial charge < -0.3 is 9.84 Å². The van der Waals surface area contributed by atoms with Gasteiger partial charge in [-0.2, -0.15) is 5.10 Å². The number of rotatable bonds is 5. The average molecular weight is 289 g/mol. The first-order valence-corrected chi connectivity index (χ1v) is 7.07. The van der Waals surface area contributed by atoms with E-state index in [-0.39, 0.29) is 11.5 Å². The van der Waals surface area contributed by atoms with Crippen LogP contribution < -0.4 is 4.74 Å². The van der Waals surface area contributed by atoms with Crippen molar-refractivity contribution < 1.29 is 9.84 Å². The van der Waals surface area contributed by atoms with Crippen molar-refractivity contribution in [3.05, 3.63) is 42.5 Å².